The van der Waals surface area contributed by atoms with E-state index in [1.165, 1.54) is 50.1 Å². The highest BCUT2D eigenvalue weighted by Gasteiger charge is 2.49. The number of furan rings is 2. The Morgan fingerprint density at radius 3 is 1.41 bits per heavy atom. The third-order valence-corrected chi connectivity index (χ3v) is 13.4. The molecule has 3 heterocycles. The molecule has 0 bridgehead atoms. The van der Waals surface area contributed by atoms with E-state index in [1.807, 2.05) is 54.6 Å². The maximum absolute atomic E-state index is 6.37. The van der Waals surface area contributed by atoms with Gasteiger partial charge in [-0.15, -0.1) is 0 Å². The third kappa shape index (κ3) is 4.73. The molecule has 0 fully saturated rings. The molecule has 0 amide bonds. The molecule has 0 saturated carbocycles. The second kappa shape index (κ2) is 12.8. The van der Waals surface area contributed by atoms with Gasteiger partial charge < -0.3 is 8.83 Å². The highest BCUT2D eigenvalue weighted by molar-refractivity contribution is 6.12. The van der Waals surface area contributed by atoms with Crippen LogP contribution in [0.4, 0.5) is 0 Å². The molecule has 14 rings (SSSR count). The summed E-state index contributed by atoms with van der Waals surface area (Å²) in [7, 11) is 0. The van der Waals surface area contributed by atoms with Gasteiger partial charge in [0.2, 0.25) is 0 Å². The van der Waals surface area contributed by atoms with E-state index in [0.29, 0.717) is 17.5 Å². The molecule has 63 heavy (non-hydrogen) atoms. The first kappa shape index (κ1) is 34.3. The fraction of sp³-hybridized carbons (Fsp3) is 0.0172. The summed E-state index contributed by atoms with van der Waals surface area (Å²) in [5.41, 5.74) is 17.6. The number of para-hydroxylation sites is 2. The van der Waals surface area contributed by atoms with Crippen LogP contribution in [0.15, 0.2) is 209 Å². The van der Waals surface area contributed by atoms with Crippen LogP contribution < -0.4 is 0 Å². The van der Waals surface area contributed by atoms with Gasteiger partial charge in [0.05, 0.1) is 5.41 Å². The molecule has 9 aromatic carbocycles. The second-order valence-corrected chi connectivity index (χ2v) is 16.6. The number of aromatic nitrogens is 3. The molecule has 0 N–H and O–H groups in total. The van der Waals surface area contributed by atoms with Gasteiger partial charge in [-0.25, -0.2) is 15.0 Å². The molecular formula is C58H33N3O2. The predicted molar refractivity (Wildman–Crippen MR) is 252 cm³/mol. The van der Waals surface area contributed by atoms with Crippen molar-refractivity contribution >= 4 is 43.9 Å². The summed E-state index contributed by atoms with van der Waals surface area (Å²) in [5.74, 6) is 1.71. The maximum atomic E-state index is 6.37. The van der Waals surface area contributed by atoms with Gasteiger partial charge in [0.15, 0.2) is 17.5 Å². The summed E-state index contributed by atoms with van der Waals surface area (Å²) in [5, 5.41) is 4.12. The molecule has 1 spiro atoms. The fourth-order valence-corrected chi connectivity index (χ4v) is 10.8. The van der Waals surface area contributed by atoms with Gasteiger partial charge in [-0.1, -0.05) is 164 Å². The number of hydrogen-bond donors (Lipinski definition) is 0. The van der Waals surface area contributed by atoms with E-state index >= 15 is 0 Å². The topological polar surface area (TPSA) is 65.0 Å². The quantitative estimate of drug-likeness (QED) is 0.178. The van der Waals surface area contributed by atoms with Crippen molar-refractivity contribution in [2.75, 3.05) is 0 Å². The van der Waals surface area contributed by atoms with Crippen molar-refractivity contribution in [3.63, 3.8) is 0 Å². The monoisotopic (exact) mass is 803 g/mol. The summed E-state index contributed by atoms with van der Waals surface area (Å²) in [6.45, 7) is 0. The molecule has 292 valence electrons. The van der Waals surface area contributed by atoms with Crippen LogP contribution in [0.25, 0.3) is 111 Å². The zero-order valence-electron chi connectivity index (χ0n) is 33.7. The smallest absolute Gasteiger partial charge is 0.164 e. The highest BCUT2D eigenvalue weighted by atomic mass is 16.3. The van der Waals surface area contributed by atoms with Gasteiger partial charge in [0.25, 0.3) is 0 Å². The number of rotatable bonds is 3. The van der Waals surface area contributed by atoms with E-state index in [-0.39, 0.29) is 0 Å². The lowest BCUT2D eigenvalue weighted by atomic mass is 9.66. The lowest BCUT2D eigenvalue weighted by Gasteiger charge is -2.35. The Balaban J connectivity index is 1.03. The van der Waals surface area contributed by atoms with Crippen LogP contribution in [0.2, 0.25) is 0 Å². The molecule has 5 nitrogen and oxygen atoms in total. The Morgan fingerprint density at radius 1 is 0.286 bits per heavy atom. The number of benzene rings is 9. The van der Waals surface area contributed by atoms with Crippen LogP contribution in [0.1, 0.15) is 22.3 Å². The first-order valence-electron chi connectivity index (χ1n) is 21.3. The Morgan fingerprint density at radius 2 is 0.730 bits per heavy atom. The van der Waals surface area contributed by atoms with Crippen LogP contribution in [0.3, 0.4) is 0 Å². The Kier molecular flexibility index (Phi) is 6.97. The molecule has 3 aromatic heterocycles. The Labute approximate surface area is 361 Å². The third-order valence-electron chi connectivity index (χ3n) is 13.4. The van der Waals surface area contributed by atoms with Gasteiger partial charge in [0.1, 0.15) is 22.3 Å². The molecule has 0 saturated heterocycles. The van der Waals surface area contributed by atoms with Crippen molar-refractivity contribution in [1.82, 2.24) is 15.0 Å². The van der Waals surface area contributed by atoms with E-state index < -0.39 is 5.41 Å². The minimum Gasteiger partial charge on any atom is -0.456 e. The van der Waals surface area contributed by atoms with Gasteiger partial charge in [-0.3, -0.25) is 0 Å². The Hall–Kier alpha value is -8.41. The minimum absolute atomic E-state index is 0.559. The second-order valence-electron chi connectivity index (χ2n) is 16.6. The van der Waals surface area contributed by atoms with Crippen LogP contribution in [0, 0.1) is 0 Å². The van der Waals surface area contributed by atoms with Crippen molar-refractivity contribution in [2.24, 2.45) is 0 Å². The summed E-state index contributed by atoms with van der Waals surface area (Å²) in [4.78, 5) is 15.9. The SMILES string of the molecule is c1ccc2c(c1)-c1ccccc1C1(c3ccccc3-2)c2ccccc2-c2cc(-c3nc(-c4ccc5c(c4)oc4ccccc45)nc(-c4cccc5oc6ccccc6c45)n3)ccc21. The molecule has 0 atom stereocenters. The normalized spacial score (nSPS) is 13.2. The molecule has 0 radical (unpaired) electrons. The molecule has 2 aliphatic carbocycles. The van der Waals surface area contributed by atoms with Crippen molar-refractivity contribution in [1.29, 1.82) is 0 Å². The lowest BCUT2D eigenvalue weighted by Crippen LogP contribution is -2.29. The zero-order chi connectivity index (χ0) is 41.2. The van der Waals surface area contributed by atoms with Gasteiger partial charge in [-0.2, -0.15) is 0 Å². The van der Waals surface area contributed by atoms with E-state index in [1.54, 1.807) is 0 Å². The average Bonchev–Trinajstić information content (AvgIpc) is 3.99. The predicted octanol–water partition coefficient (Wildman–Crippen LogP) is 14.7. The fourth-order valence-electron chi connectivity index (χ4n) is 10.8. The zero-order valence-corrected chi connectivity index (χ0v) is 33.7. The molecule has 0 aliphatic heterocycles. The summed E-state index contributed by atoms with van der Waals surface area (Å²) < 4.78 is 12.7. The van der Waals surface area contributed by atoms with E-state index in [2.05, 4.69) is 146 Å². The number of nitrogens with zero attached hydrogens (tertiary/aromatic N) is 3. The minimum atomic E-state index is -0.577. The van der Waals surface area contributed by atoms with E-state index in [9.17, 15) is 0 Å². The van der Waals surface area contributed by atoms with Gasteiger partial charge >= 0.3 is 0 Å². The van der Waals surface area contributed by atoms with Crippen molar-refractivity contribution in [3.05, 3.63) is 222 Å². The first-order chi connectivity index (χ1) is 31.2. The van der Waals surface area contributed by atoms with Crippen LogP contribution >= 0.6 is 0 Å². The van der Waals surface area contributed by atoms with Crippen LogP contribution in [-0.4, -0.2) is 15.0 Å². The molecular weight excluding hydrogens is 771 g/mol. The van der Waals surface area contributed by atoms with E-state index in [0.717, 1.165) is 66.1 Å². The largest absolute Gasteiger partial charge is 0.456 e. The Bertz CT molecular complexity index is 3830. The van der Waals surface area contributed by atoms with Gasteiger partial charge in [-0.05, 0) is 92.0 Å². The van der Waals surface area contributed by atoms with Gasteiger partial charge in [0, 0.05) is 38.2 Å². The van der Waals surface area contributed by atoms with E-state index in [4.69, 9.17) is 23.8 Å². The van der Waals surface area contributed by atoms with Crippen molar-refractivity contribution < 1.29 is 8.83 Å². The molecule has 12 aromatic rings. The summed E-state index contributed by atoms with van der Waals surface area (Å²) in [6, 6.07) is 71.2. The number of fused-ring (bicyclic) bond motifs is 18. The summed E-state index contributed by atoms with van der Waals surface area (Å²) >= 11 is 0. The highest BCUT2D eigenvalue weighted by Crippen LogP contribution is 2.61. The standard InChI is InChI=1S/C58H33N3O2/c1-2-15-37-36(14-1)38-16-3-8-22-46(38)58(47-23-9-4-17-39(37)47)48-24-10-5-18-40(48)45-32-34(29-31-49(45)58)55-59-56(35-28-30-42-41-19-6-11-25-50(41)63-53(42)33-35)61-57(60-55)44-21-13-27-52-54(44)43-20-7-12-26-51(43)62-52/h1-33H. The molecule has 0 unspecified atom stereocenters. The van der Waals surface area contributed by atoms with Crippen LogP contribution in [-0.2, 0) is 5.41 Å². The molecule has 2 aliphatic rings. The summed E-state index contributed by atoms with van der Waals surface area (Å²) in [6.07, 6.45) is 0. The average molecular weight is 804 g/mol. The molecule has 5 heteroatoms. The maximum Gasteiger partial charge on any atom is 0.164 e. The van der Waals surface area contributed by atoms with Crippen LogP contribution in [0.5, 0.6) is 0 Å². The van der Waals surface area contributed by atoms with Crippen molar-refractivity contribution in [2.45, 2.75) is 5.41 Å². The number of hydrogen-bond acceptors (Lipinski definition) is 5. The lowest BCUT2D eigenvalue weighted by molar-refractivity contribution is 0.668. The van der Waals surface area contributed by atoms with Crippen molar-refractivity contribution in [3.8, 4) is 67.5 Å². The first-order valence-corrected chi connectivity index (χ1v) is 21.3.